The van der Waals surface area contributed by atoms with Gasteiger partial charge in [0.25, 0.3) is 0 Å². The van der Waals surface area contributed by atoms with E-state index in [4.69, 9.17) is 4.74 Å². The molecule has 1 saturated heterocycles. The first kappa shape index (κ1) is 18.9. The van der Waals surface area contributed by atoms with Crippen LogP contribution in [0.1, 0.15) is 12.0 Å². The molecule has 1 fully saturated rings. The number of ether oxygens (including phenoxy) is 2. The van der Waals surface area contributed by atoms with Crippen LogP contribution in [0.2, 0.25) is 0 Å². The van der Waals surface area contributed by atoms with Crippen LogP contribution in [-0.4, -0.2) is 45.3 Å². The SMILES string of the molecule is CNCC1CCN(Cc2ccc(OC(F)F)c(OC)c2)C1.Cl. The number of likely N-dealkylation sites (tertiary alicyclic amines) is 1. The summed E-state index contributed by atoms with van der Waals surface area (Å²) in [5, 5.41) is 3.20. The van der Waals surface area contributed by atoms with Crippen LogP contribution in [0, 0.1) is 5.92 Å². The molecule has 0 amide bonds. The van der Waals surface area contributed by atoms with Gasteiger partial charge in [0.2, 0.25) is 0 Å². The van der Waals surface area contributed by atoms with E-state index >= 15 is 0 Å². The van der Waals surface area contributed by atoms with Crippen LogP contribution in [-0.2, 0) is 6.54 Å². The lowest BCUT2D eigenvalue weighted by Gasteiger charge is -2.17. The van der Waals surface area contributed by atoms with Gasteiger partial charge in [0.1, 0.15) is 0 Å². The Morgan fingerprint density at radius 1 is 1.36 bits per heavy atom. The van der Waals surface area contributed by atoms with E-state index in [1.807, 2.05) is 13.1 Å². The van der Waals surface area contributed by atoms with Crippen molar-refractivity contribution < 1.29 is 18.3 Å². The van der Waals surface area contributed by atoms with Gasteiger partial charge in [-0.25, -0.2) is 0 Å². The average Bonchev–Trinajstić information content (AvgIpc) is 2.87. The van der Waals surface area contributed by atoms with Crippen LogP contribution < -0.4 is 14.8 Å². The molecule has 0 bridgehead atoms. The summed E-state index contributed by atoms with van der Waals surface area (Å²) in [5.74, 6) is 1.10. The molecule has 1 atom stereocenters. The standard InChI is InChI=1S/C15H22F2N2O2.ClH/c1-18-8-12-5-6-19(10-12)9-11-3-4-13(21-15(16)17)14(7-11)20-2;/h3-4,7,12,15,18H,5-6,8-10H2,1-2H3;1H. The second-order valence-corrected chi connectivity index (χ2v) is 5.31. The van der Waals surface area contributed by atoms with Crippen molar-refractivity contribution in [1.29, 1.82) is 0 Å². The monoisotopic (exact) mass is 336 g/mol. The minimum Gasteiger partial charge on any atom is -0.493 e. The molecule has 1 N–H and O–H groups in total. The number of hydrogen-bond acceptors (Lipinski definition) is 4. The highest BCUT2D eigenvalue weighted by atomic mass is 35.5. The molecule has 1 aromatic rings. The van der Waals surface area contributed by atoms with Gasteiger partial charge in [-0.1, -0.05) is 6.07 Å². The molecule has 1 unspecified atom stereocenters. The quantitative estimate of drug-likeness (QED) is 0.830. The number of rotatable bonds is 7. The Morgan fingerprint density at radius 3 is 2.77 bits per heavy atom. The molecule has 126 valence electrons. The van der Waals surface area contributed by atoms with Gasteiger partial charge in [-0.05, 0) is 50.2 Å². The number of benzene rings is 1. The fourth-order valence-electron chi connectivity index (χ4n) is 2.77. The van der Waals surface area contributed by atoms with E-state index in [0.717, 1.165) is 31.7 Å². The summed E-state index contributed by atoms with van der Waals surface area (Å²) in [5.41, 5.74) is 1.04. The largest absolute Gasteiger partial charge is 0.493 e. The van der Waals surface area contributed by atoms with Crippen LogP contribution in [0.25, 0.3) is 0 Å². The molecule has 2 rings (SSSR count). The van der Waals surface area contributed by atoms with E-state index in [9.17, 15) is 8.78 Å². The average molecular weight is 337 g/mol. The highest BCUT2D eigenvalue weighted by Crippen LogP contribution is 2.30. The van der Waals surface area contributed by atoms with Gasteiger partial charge in [0, 0.05) is 13.1 Å². The van der Waals surface area contributed by atoms with Crippen molar-refractivity contribution in [2.24, 2.45) is 5.92 Å². The summed E-state index contributed by atoms with van der Waals surface area (Å²) in [4.78, 5) is 2.37. The Labute approximate surface area is 136 Å². The van der Waals surface area contributed by atoms with Gasteiger partial charge < -0.3 is 14.8 Å². The topological polar surface area (TPSA) is 33.7 Å². The predicted octanol–water partition coefficient (Wildman–Crippen LogP) is 2.76. The summed E-state index contributed by atoms with van der Waals surface area (Å²) < 4.78 is 34.1. The smallest absolute Gasteiger partial charge is 0.387 e. The van der Waals surface area contributed by atoms with Crippen molar-refractivity contribution in [2.75, 3.05) is 33.8 Å². The molecule has 4 nitrogen and oxygen atoms in total. The number of alkyl halides is 2. The van der Waals surface area contributed by atoms with Gasteiger partial charge in [0.05, 0.1) is 7.11 Å². The van der Waals surface area contributed by atoms with E-state index in [1.165, 1.54) is 13.5 Å². The number of halogens is 3. The van der Waals surface area contributed by atoms with Crippen LogP contribution in [0.5, 0.6) is 11.5 Å². The molecule has 0 aromatic heterocycles. The third-order valence-electron chi connectivity index (χ3n) is 3.71. The lowest BCUT2D eigenvalue weighted by atomic mass is 10.1. The first-order chi connectivity index (χ1) is 10.1. The lowest BCUT2D eigenvalue weighted by molar-refractivity contribution is -0.0512. The fraction of sp³-hybridized carbons (Fsp3) is 0.600. The molecular formula is C15H23ClF2N2O2. The zero-order valence-corrected chi connectivity index (χ0v) is 13.7. The zero-order valence-electron chi connectivity index (χ0n) is 12.9. The van der Waals surface area contributed by atoms with E-state index in [0.29, 0.717) is 11.7 Å². The Balaban J connectivity index is 0.00000242. The maximum atomic E-state index is 12.3. The Hall–Kier alpha value is -1.11. The van der Waals surface area contributed by atoms with Crippen LogP contribution in [0.15, 0.2) is 18.2 Å². The molecule has 0 spiro atoms. The van der Waals surface area contributed by atoms with Crippen LogP contribution >= 0.6 is 12.4 Å². The predicted molar refractivity (Wildman–Crippen MR) is 84.2 cm³/mol. The molecule has 0 radical (unpaired) electrons. The van der Waals surface area contributed by atoms with Crippen molar-refractivity contribution in [2.45, 2.75) is 19.6 Å². The first-order valence-electron chi connectivity index (χ1n) is 7.11. The summed E-state index contributed by atoms with van der Waals surface area (Å²) in [6.45, 7) is 1.10. The molecule has 1 aliphatic heterocycles. The number of nitrogens with one attached hydrogen (secondary N) is 1. The van der Waals surface area contributed by atoms with Gasteiger partial charge >= 0.3 is 6.61 Å². The van der Waals surface area contributed by atoms with Crippen molar-refractivity contribution in [3.63, 3.8) is 0 Å². The summed E-state index contributed by atoms with van der Waals surface area (Å²) in [7, 11) is 3.42. The summed E-state index contributed by atoms with van der Waals surface area (Å²) in [6.07, 6.45) is 1.19. The second kappa shape index (κ2) is 9.12. The number of nitrogens with zero attached hydrogens (tertiary/aromatic N) is 1. The van der Waals surface area contributed by atoms with Gasteiger partial charge in [-0.2, -0.15) is 8.78 Å². The molecule has 1 aromatic carbocycles. The van der Waals surface area contributed by atoms with Gasteiger partial charge in [-0.3, -0.25) is 4.90 Å². The highest BCUT2D eigenvalue weighted by Gasteiger charge is 2.22. The third kappa shape index (κ3) is 5.26. The summed E-state index contributed by atoms with van der Waals surface area (Å²) in [6, 6.07) is 5.12. The second-order valence-electron chi connectivity index (χ2n) is 5.31. The summed E-state index contributed by atoms with van der Waals surface area (Å²) >= 11 is 0. The van der Waals surface area contributed by atoms with E-state index in [2.05, 4.69) is 15.0 Å². The molecular weight excluding hydrogens is 314 g/mol. The maximum absolute atomic E-state index is 12.3. The minimum atomic E-state index is -2.84. The molecule has 0 saturated carbocycles. The van der Waals surface area contributed by atoms with Crippen molar-refractivity contribution in [1.82, 2.24) is 10.2 Å². The Kier molecular flexibility index (Phi) is 7.85. The van der Waals surface area contributed by atoms with E-state index in [1.54, 1.807) is 12.1 Å². The first-order valence-corrected chi connectivity index (χ1v) is 7.11. The van der Waals surface area contributed by atoms with Gasteiger partial charge in [0.15, 0.2) is 11.5 Å². The van der Waals surface area contributed by atoms with Crippen molar-refractivity contribution in [3.8, 4) is 11.5 Å². The normalized spacial score (nSPS) is 18.3. The number of methoxy groups -OCH3 is 1. The van der Waals surface area contributed by atoms with Crippen LogP contribution in [0.4, 0.5) is 8.78 Å². The molecule has 1 aliphatic rings. The van der Waals surface area contributed by atoms with Crippen molar-refractivity contribution >= 4 is 12.4 Å². The Bertz CT molecular complexity index is 463. The van der Waals surface area contributed by atoms with Crippen LogP contribution in [0.3, 0.4) is 0 Å². The Morgan fingerprint density at radius 2 is 2.14 bits per heavy atom. The number of hydrogen-bond donors (Lipinski definition) is 1. The molecule has 22 heavy (non-hydrogen) atoms. The van der Waals surface area contributed by atoms with Gasteiger partial charge in [-0.15, -0.1) is 12.4 Å². The van der Waals surface area contributed by atoms with E-state index < -0.39 is 6.61 Å². The lowest BCUT2D eigenvalue weighted by Crippen LogP contribution is -2.24. The minimum absolute atomic E-state index is 0. The zero-order chi connectivity index (χ0) is 15.2. The van der Waals surface area contributed by atoms with E-state index in [-0.39, 0.29) is 18.2 Å². The molecule has 0 aliphatic carbocycles. The highest BCUT2D eigenvalue weighted by molar-refractivity contribution is 5.85. The molecule has 7 heteroatoms. The maximum Gasteiger partial charge on any atom is 0.387 e. The molecule has 1 heterocycles. The van der Waals surface area contributed by atoms with Crippen molar-refractivity contribution in [3.05, 3.63) is 23.8 Å². The third-order valence-corrected chi connectivity index (χ3v) is 3.71. The fourth-order valence-corrected chi connectivity index (χ4v) is 2.77.